The largest absolute Gasteiger partial charge is 0.0763 e. The van der Waals surface area contributed by atoms with Crippen molar-refractivity contribution < 1.29 is 0 Å². The molecule has 0 saturated carbocycles. The van der Waals surface area contributed by atoms with Gasteiger partial charge in [0.05, 0.1) is 0 Å². The Morgan fingerprint density at radius 2 is 1.39 bits per heavy atom. The highest BCUT2D eigenvalue weighted by Crippen LogP contribution is 2.39. The Morgan fingerprint density at radius 1 is 0.786 bits per heavy atom. The van der Waals surface area contributed by atoms with Crippen LogP contribution in [-0.4, -0.2) is 0 Å². The zero-order valence-corrected chi connectivity index (χ0v) is 19.3. The Bertz CT molecular complexity index is 909. The lowest BCUT2D eigenvalue weighted by Crippen LogP contribution is -1.97. The van der Waals surface area contributed by atoms with Gasteiger partial charge in [-0.05, 0) is 141 Å². The van der Waals surface area contributed by atoms with Crippen molar-refractivity contribution in [1.82, 2.24) is 0 Å². The van der Waals surface area contributed by atoms with Crippen molar-refractivity contribution in [3.05, 3.63) is 73.8 Å². The van der Waals surface area contributed by atoms with Gasteiger partial charge >= 0.3 is 0 Å². The first-order valence-electron chi connectivity index (χ1n) is 11.2. The Hall–Kier alpha value is -1.82. The molecule has 0 aliphatic heterocycles. The van der Waals surface area contributed by atoms with Crippen LogP contribution >= 0.6 is 0 Å². The summed E-state index contributed by atoms with van der Waals surface area (Å²) in [5.74, 6) is 0.836. The van der Waals surface area contributed by atoms with E-state index < -0.39 is 0 Å². The first-order valence-corrected chi connectivity index (χ1v) is 11.2. The van der Waals surface area contributed by atoms with Gasteiger partial charge in [0.25, 0.3) is 0 Å². The van der Waals surface area contributed by atoms with Crippen molar-refractivity contribution in [3.63, 3.8) is 0 Å². The normalized spacial score (nSPS) is 17.0. The van der Waals surface area contributed by atoms with Crippen molar-refractivity contribution in [2.45, 2.75) is 93.4 Å². The van der Waals surface area contributed by atoms with E-state index >= 15 is 0 Å². The van der Waals surface area contributed by atoms with E-state index in [9.17, 15) is 0 Å². The first-order chi connectivity index (χ1) is 13.3. The summed E-state index contributed by atoms with van der Waals surface area (Å²) in [5, 5.41) is 0. The molecule has 0 N–H and O–H groups in total. The third-order valence-corrected chi connectivity index (χ3v) is 7.57. The van der Waals surface area contributed by atoms with Crippen molar-refractivity contribution >= 4 is 5.57 Å². The van der Waals surface area contributed by atoms with Gasteiger partial charge in [-0.1, -0.05) is 32.1 Å². The smallest absolute Gasteiger partial charge is 0.00826 e. The highest BCUT2D eigenvalue weighted by Gasteiger charge is 2.23. The second-order valence-corrected chi connectivity index (χ2v) is 8.91. The molecule has 150 valence electrons. The van der Waals surface area contributed by atoms with Crippen molar-refractivity contribution in [2.75, 3.05) is 0 Å². The van der Waals surface area contributed by atoms with Crippen LogP contribution in [0.5, 0.6) is 0 Å². The fourth-order valence-corrected chi connectivity index (χ4v) is 5.12. The van der Waals surface area contributed by atoms with Gasteiger partial charge in [0.2, 0.25) is 0 Å². The monoisotopic (exact) mass is 374 g/mol. The van der Waals surface area contributed by atoms with E-state index in [1.807, 2.05) is 0 Å². The molecular formula is C28H38. The molecule has 0 amide bonds. The summed E-state index contributed by atoms with van der Waals surface area (Å²) in [5.41, 5.74) is 16.8. The molecule has 2 aromatic carbocycles. The topological polar surface area (TPSA) is 0 Å². The Balaban J connectivity index is 0.000000161. The second-order valence-electron chi connectivity index (χ2n) is 8.91. The van der Waals surface area contributed by atoms with Crippen LogP contribution in [0.1, 0.15) is 94.7 Å². The lowest BCUT2D eigenvalue weighted by Gasteiger charge is -2.14. The van der Waals surface area contributed by atoms with Crippen molar-refractivity contribution in [3.8, 4) is 0 Å². The molecule has 0 fully saturated rings. The van der Waals surface area contributed by atoms with E-state index in [4.69, 9.17) is 0 Å². The molecule has 4 rings (SSSR count). The fourth-order valence-electron chi connectivity index (χ4n) is 5.12. The highest BCUT2D eigenvalue weighted by atomic mass is 14.3. The van der Waals surface area contributed by atoms with E-state index in [0.717, 1.165) is 18.8 Å². The van der Waals surface area contributed by atoms with E-state index in [1.165, 1.54) is 58.2 Å². The molecule has 2 aliphatic rings. The van der Waals surface area contributed by atoms with Gasteiger partial charge in [0.15, 0.2) is 0 Å². The van der Waals surface area contributed by atoms with Gasteiger partial charge in [-0.3, -0.25) is 0 Å². The average Bonchev–Trinajstić information content (AvgIpc) is 3.28. The average molecular weight is 375 g/mol. The molecule has 1 atom stereocenters. The van der Waals surface area contributed by atoms with Crippen LogP contribution in [0.2, 0.25) is 0 Å². The quantitative estimate of drug-likeness (QED) is 0.499. The molecule has 0 heteroatoms. The SMILES string of the molecule is CCC1=CCc2c1cc(C)c(C)c2C.CCC1CCc2c1cc(C)c(C)c2C. The molecule has 0 bridgehead atoms. The lowest BCUT2D eigenvalue weighted by molar-refractivity contribution is 0.656. The number of fused-ring (bicyclic) bond motifs is 2. The van der Waals surface area contributed by atoms with Gasteiger partial charge in [-0.2, -0.15) is 0 Å². The predicted molar refractivity (Wildman–Crippen MR) is 125 cm³/mol. The molecule has 0 radical (unpaired) electrons. The van der Waals surface area contributed by atoms with E-state index in [1.54, 1.807) is 22.3 Å². The Labute approximate surface area is 173 Å². The van der Waals surface area contributed by atoms with Gasteiger partial charge in [-0.15, -0.1) is 0 Å². The summed E-state index contributed by atoms with van der Waals surface area (Å²) in [6.45, 7) is 18.0. The number of hydrogen-bond acceptors (Lipinski definition) is 0. The van der Waals surface area contributed by atoms with E-state index in [0.29, 0.717) is 0 Å². The maximum Gasteiger partial charge on any atom is -0.00826 e. The standard InChI is InChI=1S/C14H20.C14H18/c2*1-5-12-6-7-13-11(4)10(3)9(2)8-14(12)13/h8,12H,5-7H2,1-4H3;6,8H,5,7H2,1-4H3. The molecule has 0 spiro atoms. The lowest BCUT2D eigenvalue weighted by atomic mass is 9.92. The van der Waals surface area contributed by atoms with Gasteiger partial charge in [0.1, 0.15) is 0 Å². The number of benzene rings is 2. The van der Waals surface area contributed by atoms with Gasteiger partial charge in [-0.25, -0.2) is 0 Å². The summed E-state index contributed by atoms with van der Waals surface area (Å²) in [4.78, 5) is 0. The minimum absolute atomic E-state index is 0.836. The van der Waals surface area contributed by atoms with Crippen LogP contribution in [-0.2, 0) is 12.8 Å². The zero-order valence-electron chi connectivity index (χ0n) is 19.3. The predicted octanol–water partition coefficient (Wildman–Crippen LogP) is 8.01. The summed E-state index contributed by atoms with van der Waals surface area (Å²) >= 11 is 0. The van der Waals surface area contributed by atoms with Crippen molar-refractivity contribution in [2.24, 2.45) is 0 Å². The molecule has 28 heavy (non-hydrogen) atoms. The molecular weight excluding hydrogens is 336 g/mol. The summed E-state index contributed by atoms with van der Waals surface area (Å²) in [7, 11) is 0. The Kier molecular flexibility index (Phi) is 6.18. The number of aryl methyl sites for hydroxylation is 2. The van der Waals surface area contributed by atoms with E-state index in [2.05, 4.69) is 73.6 Å². The summed E-state index contributed by atoms with van der Waals surface area (Å²) < 4.78 is 0. The summed E-state index contributed by atoms with van der Waals surface area (Å²) in [6, 6.07) is 4.79. The van der Waals surface area contributed by atoms with Crippen LogP contribution in [0.25, 0.3) is 5.57 Å². The molecule has 0 aromatic heterocycles. The first kappa shape index (κ1) is 20.9. The van der Waals surface area contributed by atoms with Crippen LogP contribution in [0, 0.1) is 41.5 Å². The summed E-state index contributed by atoms with van der Waals surface area (Å²) in [6.07, 6.45) is 8.67. The minimum Gasteiger partial charge on any atom is -0.0763 e. The molecule has 0 heterocycles. The molecule has 0 nitrogen and oxygen atoms in total. The number of rotatable bonds is 2. The third-order valence-electron chi connectivity index (χ3n) is 7.57. The van der Waals surface area contributed by atoms with Gasteiger partial charge in [0, 0.05) is 0 Å². The van der Waals surface area contributed by atoms with Crippen molar-refractivity contribution in [1.29, 1.82) is 0 Å². The highest BCUT2D eigenvalue weighted by molar-refractivity contribution is 5.75. The molecule has 0 saturated heterocycles. The van der Waals surface area contributed by atoms with E-state index in [-0.39, 0.29) is 0 Å². The van der Waals surface area contributed by atoms with Crippen LogP contribution in [0.15, 0.2) is 18.2 Å². The van der Waals surface area contributed by atoms with Crippen LogP contribution in [0.3, 0.4) is 0 Å². The second kappa shape index (κ2) is 8.27. The van der Waals surface area contributed by atoms with Crippen LogP contribution < -0.4 is 0 Å². The number of allylic oxidation sites excluding steroid dienone is 2. The number of hydrogen-bond donors (Lipinski definition) is 0. The zero-order chi connectivity index (χ0) is 20.6. The third kappa shape index (κ3) is 3.59. The maximum absolute atomic E-state index is 2.43. The molecule has 2 aliphatic carbocycles. The van der Waals surface area contributed by atoms with Gasteiger partial charge < -0.3 is 0 Å². The molecule has 2 aromatic rings. The molecule has 1 unspecified atom stereocenters. The van der Waals surface area contributed by atoms with Crippen LogP contribution in [0.4, 0.5) is 0 Å². The fraction of sp³-hybridized carbons (Fsp3) is 0.500. The minimum atomic E-state index is 0.836. The maximum atomic E-state index is 2.43. The Morgan fingerprint density at radius 3 is 2.00 bits per heavy atom.